The average Bonchev–Trinajstić information content (AvgIpc) is 3.26. The Balaban J connectivity index is 1.22. The topological polar surface area (TPSA) is 64.2 Å². The lowest BCUT2D eigenvalue weighted by Crippen LogP contribution is -2.47. The van der Waals surface area contributed by atoms with E-state index in [-0.39, 0.29) is 29.5 Å². The van der Waals surface area contributed by atoms with E-state index >= 15 is 0 Å². The van der Waals surface area contributed by atoms with Gasteiger partial charge in [0.1, 0.15) is 5.82 Å². The van der Waals surface area contributed by atoms with Crippen LogP contribution in [0, 0.1) is 11.7 Å². The van der Waals surface area contributed by atoms with E-state index in [2.05, 4.69) is 4.90 Å². The first-order chi connectivity index (χ1) is 15.5. The molecule has 174 valence electrons. The molecule has 8 heteroatoms. The van der Waals surface area contributed by atoms with Gasteiger partial charge in [-0.15, -0.1) is 0 Å². The highest BCUT2D eigenvalue weighted by molar-refractivity contribution is 5.94. The first-order valence-electron chi connectivity index (χ1n) is 11.8. The molecule has 0 atom stereocenters. The summed E-state index contributed by atoms with van der Waals surface area (Å²) in [5, 5.41) is 0. The van der Waals surface area contributed by atoms with Crippen LogP contribution in [0.5, 0.6) is 0 Å². The molecule has 0 saturated carbocycles. The number of hydrogen-bond acceptors (Lipinski definition) is 4. The van der Waals surface area contributed by atoms with Crippen molar-refractivity contribution in [2.45, 2.75) is 32.1 Å². The first kappa shape index (κ1) is 22.7. The molecule has 0 bridgehead atoms. The van der Waals surface area contributed by atoms with Gasteiger partial charge in [0.15, 0.2) is 0 Å². The van der Waals surface area contributed by atoms with Gasteiger partial charge in [0.25, 0.3) is 5.91 Å². The molecule has 32 heavy (non-hydrogen) atoms. The van der Waals surface area contributed by atoms with E-state index in [4.69, 9.17) is 0 Å². The molecule has 3 aliphatic heterocycles. The van der Waals surface area contributed by atoms with Gasteiger partial charge < -0.3 is 14.7 Å². The number of halogens is 1. The van der Waals surface area contributed by atoms with Crippen LogP contribution in [-0.2, 0) is 9.59 Å². The number of carbonyl (C=O) groups excluding carboxylic acids is 3. The fourth-order valence-electron chi connectivity index (χ4n) is 4.97. The van der Waals surface area contributed by atoms with Gasteiger partial charge in [-0.3, -0.25) is 19.3 Å². The highest BCUT2D eigenvalue weighted by atomic mass is 19.1. The summed E-state index contributed by atoms with van der Waals surface area (Å²) < 4.78 is 13.1. The molecular weight excluding hydrogens is 411 g/mol. The minimum atomic E-state index is -0.355. The second-order valence-corrected chi connectivity index (χ2v) is 9.12. The zero-order valence-corrected chi connectivity index (χ0v) is 18.7. The van der Waals surface area contributed by atoms with Crippen LogP contribution in [-0.4, -0.2) is 96.2 Å². The Morgan fingerprint density at radius 3 is 2.09 bits per heavy atom. The molecule has 3 heterocycles. The Morgan fingerprint density at radius 2 is 1.41 bits per heavy atom. The number of nitrogens with zero attached hydrogens (tertiary/aromatic N) is 4. The molecule has 0 N–H and O–H groups in total. The minimum Gasteiger partial charge on any atom is -0.342 e. The van der Waals surface area contributed by atoms with Gasteiger partial charge in [-0.25, -0.2) is 4.39 Å². The van der Waals surface area contributed by atoms with Crippen molar-refractivity contribution >= 4 is 17.7 Å². The average molecular weight is 445 g/mol. The summed E-state index contributed by atoms with van der Waals surface area (Å²) in [6.45, 7) is 6.00. The van der Waals surface area contributed by atoms with Gasteiger partial charge in [-0.2, -0.15) is 0 Å². The highest BCUT2D eigenvalue weighted by Crippen LogP contribution is 2.22. The zero-order valence-electron chi connectivity index (χ0n) is 18.7. The lowest BCUT2D eigenvalue weighted by molar-refractivity contribution is -0.140. The number of benzene rings is 1. The normalized spacial score (nSPS) is 21.0. The molecule has 0 spiro atoms. The van der Waals surface area contributed by atoms with Crippen molar-refractivity contribution in [1.29, 1.82) is 0 Å². The van der Waals surface area contributed by atoms with E-state index in [1.54, 1.807) is 4.90 Å². The molecule has 3 fully saturated rings. The van der Waals surface area contributed by atoms with Crippen LogP contribution in [0.1, 0.15) is 42.5 Å². The largest absolute Gasteiger partial charge is 0.342 e. The van der Waals surface area contributed by atoms with E-state index in [1.165, 1.54) is 24.3 Å². The van der Waals surface area contributed by atoms with Crippen molar-refractivity contribution in [2.75, 3.05) is 58.9 Å². The number of hydrogen-bond donors (Lipinski definition) is 0. The number of likely N-dealkylation sites (tertiary alicyclic amines) is 2. The SMILES string of the molecule is O=C(CN1CCCN(C(=O)c2ccc(F)cc2)CC1)N1CCC(C(=O)N2CCCC2)CC1. The van der Waals surface area contributed by atoms with E-state index in [0.29, 0.717) is 44.8 Å². The molecule has 0 radical (unpaired) electrons. The van der Waals surface area contributed by atoms with Crippen molar-refractivity contribution in [1.82, 2.24) is 19.6 Å². The van der Waals surface area contributed by atoms with Gasteiger partial charge in [0.05, 0.1) is 6.54 Å². The number of carbonyl (C=O) groups is 3. The molecule has 1 aromatic carbocycles. The summed E-state index contributed by atoms with van der Waals surface area (Å²) in [4.78, 5) is 45.9. The maximum atomic E-state index is 13.1. The maximum absolute atomic E-state index is 13.1. The van der Waals surface area contributed by atoms with Crippen LogP contribution in [0.25, 0.3) is 0 Å². The Kier molecular flexibility index (Phi) is 7.40. The first-order valence-corrected chi connectivity index (χ1v) is 11.8. The summed E-state index contributed by atoms with van der Waals surface area (Å²) >= 11 is 0. The van der Waals surface area contributed by atoms with Gasteiger partial charge in [0, 0.05) is 63.8 Å². The lowest BCUT2D eigenvalue weighted by Gasteiger charge is -2.34. The third-order valence-corrected chi connectivity index (χ3v) is 6.94. The third-order valence-electron chi connectivity index (χ3n) is 6.94. The fourth-order valence-corrected chi connectivity index (χ4v) is 4.97. The van der Waals surface area contributed by atoms with E-state index in [9.17, 15) is 18.8 Å². The molecular formula is C24H33FN4O3. The van der Waals surface area contributed by atoms with Gasteiger partial charge in [-0.1, -0.05) is 0 Å². The maximum Gasteiger partial charge on any atom is 0.253 e. The molecule has 3 saturated heterocycles. The van der Waals surface area contributed by atoms with Crippen LogP contribution in [0.3, 0.4) is 0 Å². The summed E-state index contributed by atoms with van der Waals surface area (Å²) in [6.07, 6.45) is 4.51. The van der Waals surface area contributed by atoms with Crippen LogP contribution < -0.4 is 0 Å². The molecule has 7 nitrogen and oxygen atoms in total. The summed E-state index contributed by atoms with van der Waals surface area (Å²) in [5.74, 6) is -0.0146. The number of rotatable bonds is 4. The van der Waals surface area contributed by atoms with Gasteiger partial charge >= 0.3 is 0 Å². The lowest BCUT2D eigenvalue weighted by atomic mass is 9.95. The summed E-state index contributed by atoms with van der Waals surface area (Å²) in [6, 6.07) is 5.64. The Bertz CT molecular complexity index is 817. The van der Waals surface area contributed by atoms with Crippen molar-refractivity contribution in [3.8, 4) is 0 Å². The quantitative estimate of drug-likeness (QED) is 0.711. The summed E-state index contributed by atoms with van der Waals surface area (Å²) in [7, 11) is 0. The molecule has 3 aliphatic rings. The number of piperidine rings is 1. The van der Waals surface area contributed by atoms with Crippen LogP contribution >= 0.6 is 0 Å². The Hall–Kier alpha value is -2.48. The zero-order chi connectivity index (χ0) is 22.5. The predicted octanol–water partition coefficient (Wildman–Crippen LogP) is 1.83. The van der Waals surface area contributed by atoms with Crippen molar-refractivity contribution in [2.24, 2.45) is 5.92 Å². The molecule has 4 rings (SSSR count). The van der Waals surface area contributed by atoms with Crippen molar-refractivity contribution < 1.29 is 18.8 Å². The van der Waals surface area contributed by atoms with Crippen LogP contribution in [0.2, 0.25) is 0 Å². The standard InChI is InChI=1S/C24H33FN4O3/c25-21-6-4-19(5-7-21)23(31)29-13-3-10-26(16-17-29)18-22(30)27-14-8-20(9-15-27)24(32)28-11-1-2-12-28/h4-7,20H,1-3,8-18H2. The minimum absolute atomic E-state index is 0.0568. The summed E-state index contributed by atoms with van der Waals surface area (Å²) in [5.41, 5.74) is 0.488. The van der Waals surface area contributed by atoms with E-state index < -0.39 is 0 Å². The van der Waals surface area contributed by atoms with Crippen molar-refractivity contribution in [3.63, 3.8) is 0 Å². The Morgan fingerprint density at radius 1 is 0.750 bits per heavy atom. The number of amides is 3. The predicted molar refractivity (Wildman–Crippen MR) is 118 cm³/mol. The fraction of sp³-hybridized carbons (Fsp3) is 0.625. The van der Waals surface area contributed by atoms with Crippen LogP contribution in [0.15, 0.2) is 24.3 Å². The van der Waals surface area contributed by atoms with E-state index in [0.717, 1.165) is 51.7 Å². The Labute approximate surface area is 189 Å². The molecule has 0 aromatic heterocycles. The van der Waals surface area contributed by atoms with Gasteiger partial charge in [-0.05, 0) is 56.4 Å². The molecule has 3 amide bonds. The molecule has 0 unspecified atom stereocenters. The van der Waals surface area contributed by atoms with Crippen molar-refractivity contribution in [3.05, 3.63) is 35.6 Å². The second kappa shape index (κ2) is 10.4. The monoisotopic (exact) mass is 444 g/mol. The van der Waals surface area contributed by atoms with Gasteiger partial charge in [0.2, 0.25) is 11.8 Å². The molecule has 1 aromatic rings. The van der Waals surface area contributed by atoms with E-state index in [1.807, 2.05) is 9.80 Å². The third kappa shape index (κ3) is 5.46. The molecule has 0 aliphatic carbocycles. The highest BCUT2D eigenvalue weighted by Gasteiger charge is 2.32. The second-order valence-electron chi connectivity index (χ2n) is 9.12. The van der Waals surface area contributed by atoms with Crippen LogP contribution in [0.4, 0.5) is 4.39 Å². The smallest absolute Gasteiger partial charge is 0.253 e.